The van der Waals surface area contributed by atoms with Gasteiger partial charge in [-0.25, -0.2) is 0 Å². The summed E-state index contributed by atoms with van der Waals surface area (Å²) in [4.78, 5) is 0. The van der Waals surface area contributed by atoms with E-state index in [1.54, 1.807) is 7.11 Å². The molecule has 200 valence electrons. The third-order valence-electron chi connectivity index (χ3n) is 7.70. The first-order valence-corrected chi connectivity index (χ1v) is 13.8. The molecule has 0 aliphatic carbocycles. The van der Waals surface area contributed by atoms with Crippen LogP contribution >= 0.6 is 0 Å². The van der Waals surface area contributed by atoms with Gasteiger partial charge in [0.1, 0.15) is 12.4 Å². The molecule has 0 atom stereocenters. The van der Waals surface area contributed by atoms with Crippen LogP contribution in [0.1, 0.15) is 0 Å². The Bertz CT molecular complexity index is 1920. The molecule has 0 fully saturated rings. The Balaban J connectivity index is 1.28. The summed E-state index contributed by atoms with van der Waals surface area (Å²) in [5.41, 5.74) is 3.46. The van der Waals surface area contributed by atoms with Crippen LogP contribution in [0.3, 0.4) is 0 Å². The molecular formula is C35H31NO4. The highest BCUT2D eigenvalue weighted by molar-refractivity contribution is 6.25. The van der Waals surface area contributed by atoms with Gasteiger partial charge in [0.2, 0.25) is 0 Å². The maximum absolute atomic E-state index is 6.30. The van der Waals surface area contributed by atoms with E-state index >= 15 is 0 Å². The van der Waals surface area contributed by atoms with Crippen molar-refractivity contribution >= 4 is 54.1 Å². The van der Waals surface area contributed by atoms with Gasteiger partial charge in [0, 0.05) is 23.3 Å². The Morgan fingerprint density at radius 1 is 0.500 bits per heavy atom. The average Bonchev–Trinajstić information content (AvgIpc) is 3.34. The Morgan fingerprint density at radius 2 is 1.15 bits per heavy atom. The maximum Gasteiger partial charge on any atom is 0.129 e. The van der Waals surface area contributed by atoms with Crippen molar-refractivity contribution < 1.29 is 18.9 Å². The van der Waals surface area contributed by atoms with E-state index in [4.69, 9.17) is 18.9 Å². The van der Waals surface area contributed by atoms with Gasteiger partial charge in [-0.3, -0.25) is 0 Å². The molecule has 0 aliphatic rings. The number of hydrogen-bond donors (Lipinski definition) is 0. The summed E-state index contributed by atoms with van der Waals surface area (Å²) >= 11 is 0. The minimum Gasteiger partial charge on any atom is -0.490 e. The van der Waals surface area contributed by atoms with Crippen molar-refractivity contribution in [3.8, 4) is 11.4 Å². The Morgan fingerprint density at radius 3 is 1.98 bits per heavy atom. The highest BCUT2D eigenvalue weighted by atomic mass is 16.6. The summed E-state index contributed by atoms with van der Waals surface area (Å²) in [5.74, 6) is 0.866. The van der Waals surface area contributed by atoms with Crippen LogP contribution in [0.5, 0.6) is 5.75 Å². The van der Waals surface area contributed by atoms with Crippen molar-refractivity contribution in [3.05, 3.63) is 97.1 Å². The lowest BCUT2D eigenvalue weighted by atomic mass is 9.93. The third-order valence-corrected chi connectivity index (χ3v) is 7.70. The van der Waals surface area contributed by atoms with Crippen LogP contribution in [0.15, 0.2) is 97.1 Å². The monoisotopic (exact) mass is 529 g/mol. The largest absolute Gasteiger partial charge is 0.490 e. The summed E-state index contributed by atoms with van der Waals surface area (Å²) in [6.07, 6.45) is 0. The van der Waals surface area contributed by atoms with Crippen molar-refractivity contribution in [3.63, 3.8) is 0 Å². The van der Waals surface area contributed by atoms with E-state index in [9.17, 15) is 0 Å². The van der Waals surface area contributed by atoms with Crippen LogP contribution in [0.2, 0.25) is 0 Å². The van der Waals surface area contributed by atoms with Crippen molar-refractivity contribution in [2.45, 2.75) is 0 Å². The second-order valence-electron chi connectivity index (χ2n) is 10.0. The van der Waals surface area contributed by atoms with Crippen molar-refractivity contribution in [1.82, 2.24) is 4.57 Å². The number of ether oxygens (including phenoxy) is 4. The number of methoxy groups -OCH3 is 1. The minimum atomic E-state index is 0.468. The number of hydrogen-bond acceptors (Lipinski definition) is 4. The number of nitrogens with zero attached hydrogens (tertiary/aromatic N) is 1. The predicted octanol–water partition coefficient (Wildman–Crippen LogP) is 7.74. The molecule has 0 spiro atoms. The molecule has 5 nitrogen and oxygen atoms in total. The second kappa shape index (κ2) is 10.8. The zero-order valence-electron chi connectivity index (χ0n) is 22.6. The quantitative estimate of drug-likeness (QED) is 0.127. The highest BCUT2D eigenvalue weighted by Gasteiger charge is 2.18. The average molecular weight is 530 g/mol. The van der Waals surface area contributed by atoms with E-state index in [1.165, 1.54) is 43.4 Å². The summed E-state index contributed by atoms with van der Waals surface area (Å²) in [7, 11) is 1.67. The summed E-state index contributed by atoms with van der Waals surface area (Å²) in [5, 5.41) is 9.98. The lowest BCUT2D eigenvalue weighted by Crippen LogP contribution is -2.12. The van der Waals surface area contributed by atoms with Gasteiger partial charge in [-0.1, -0.05) is 72.8 Å². The molecule has 0 unspecified atom stereocenters. The number of para-hydroxylation sites is 1. The SMILES string of the molecule is COCCOCCOCCOc1cccc2c1c1ccccc1n2-c1ccc2ccc3cccc4ccc1c2c34. The predicted molar refractivity (Wildman–Crippen MR) is 163 cm³/mol. The van der Waals surface area contributed by atoms with Crippen LogP contribution in [-0.2, 0) is 14.2 Å². The molecule has 1 aromatic heterocycles. The van der Waals surface area contributed by atoms with Gasteiger partial charge in [-0.05, 0) is 51.2 Å². The van der Waals surface area contributed by atoms with Gasteiger partial charge in [0.25, 0.3) is 0 Å². The van der Waals surface area contributed by atoms with Gasteiger partial charge < -0.3 is 23.5 Å². The standard InChI is InChI=1S/C35H31NO4/c1-37-18-19-38-20-21-39-22-23-40-32-11-5-10-31-35(32)27-8-2-3-9-29(27)36(31)30-17-15-26-13-12-24-6-4-7-25-14-16-28(30)34(26)33(24)25/h2-17H,18-23H2,1H3. The zero-order valence-corrected chi connectivity index (χ0v) is 22.6. The molecule has 0 bridgehead atoms. The van der Waals surface area contributed by atoms with Crippen LogP contribution < -0.4 is 4.74 Å². The summed E-state index contributed by atoms with van der Waals surface area (Å²) in [6.45, 7) is 3.22. The molecule has 1 heterocycles. The number of fused-ring (bicyclic) bond motifs is 3. The third kappa shape index (κ3) is 4.23. The second-order valence-corrected chi connectivity index (χ2v) is 10.0. The summed E-state index contributed by atoms with van der Waals surface area (Å²) in [6, 6.07) is 34.9. The van der Waals surface area contributed by atoms with Crippen LogP contribution in [-0.4, -0.2) is 51.3 Å². The fraction of sp³-hybridized carbons (Fsp3) is 0.200. The molecule has 7 aromatic rings. The van der Waals surface area contributed by atoms with Crippen LogP contribution in [0, 0.1) is 0 Å². The normalized spacial score (nSPS) is 12.0. The van der Waals surface area contributed by atoms with Gasteiger partial charge >= 0.3 is 0 Å². The van der Waals surface area contributed by atoms with E-state index in [-0.39, 0.29) is 0 Å². The Labute approximate surface area is 232 Å². The molecule has 0 saturated heterocycles. The fourth-order valence-electron chi connectivity index (χ4n) is 5.96. The van der Waals surface area contributed by atoms with Crippen LogP contribution in [0.25, 0.3) is 59.8 Å². The van der Waals surface area contributed by atoms with E-state index in [0.717, 1.165) is 22.2 Å². The molecule has 7 rings (SSSR count). The van der Waals surface area contributed by atoms with E-state index < -0.39 is 0 Å². The van der Waals surface area contributed by atoms with Crippen molar-refractivity contribution in [2.75, 3.05) is 46.8 Å². The molecule has 5 heteroatoms. The first kappa shape index (κ1) is 24.9. The van der Waals surface area contributed by atoms with Gasteiger partial charge in [0.15, 0.2) is 0 Å². The molecule has 6 aromatic carbocycles. The van der Waals surface area contributed by atoms with E-state index in [2.05, 4.69) is 102 Å². The number of rotatable bonds is 11. The molecular weight excluding hydrogens is 498 g/mol. The minimum absolute atomic E-state index is 0.468. The molecule has 0 aliphatic heterocycles. The molecule has 0 saturated carbocycles. The highest BCUT2D eigenvalue weighted by Crippen LogP contribution is 2.42. The number of aromatic nitrogens is 1. The lowest BCUT2D eigenvalue weighted by molar-refractivity contribution is 0.0181. The van der Waals surface area contributed by atoms with Gasteiger partial charge in [0.05, 0.1) is 49.8 Å². The van der Waals surface area contributed by atoms with Gasteiger partial charge in [-0.2, -0.15) is 0 Å². The van der Waals surface area contributed by atoms with E-state index in [0.29, 0.717) is 39.6 Å². The molecule has 0 radical (unpaired) electrons. The Hall–Kier alpha value is -4.16. The Kier molecular flexibility index (Phi) is 6.70. The number of benzene rings is 6. The molecule has 0 amide bonds. The fourth-order valence-corrected chi connectivity index (χ4v) is 5.96. The topological polar surface area (TPSA) is 41.9 Å². The smallest absolute Gasteiger partial charge is 0.129 e. The molecule has 0 N–H and O–H groups in total. The van der Waals surface area contributed by atoms with Gasteiger partial charge in [-0.15, -0.1) is 0 Å². The maximum atomic E-state index is 6.30. The van der Waals surface area contributed by atoms with Crippen molar-refractivity contribution in [2.24, 2.45) is 0 Å². The van der Waals surface area contributed by atoms with E-state index in [1.807, 2.05) is 0 Å². The van der Waals surface area contributed by atoms with Crippen LogP contribution in [0.4, 0.5) is 0 Å². The summed E-state index contributed by atoms with van der Waals surface area (Å²) < 4.78 is 24.9. The first-order valence-electron chi connectivity index (χ1n) is 13.8. The first-order chi connectivity index (χ1) is 19.8. The molecule has 40 heavy (non-hydrogen) atoms. The van der Waals surface area contributed by atoms with Crippen molar-refractivity contribution in [1.29, 1.82) is 0 Å². The zero-order chi connectivity index (χ0) is 26.9. The lowest BCUT2D eigenvalue weighted by Gasteiger charge is -2.16.